The Morgan fingerprint density at radius 1 is 1.00 bits per heavy atom. The zero-order chi connectivity index (χ0) is 17.7. The Balaban J connectivity index is 2.50. The van der Waals surface area contributed by atoms with E-state index in [9.17, 15) is 9.59 Å². The summed E-state index contributed by atoms with van der Waals surface area (Å²) < 4.78 is 10.5. The smallest absolute Gasteiger partial charge is 0.344 e. The monoisotopic (exact) mass is 321 g/mol. The van der Waals surface area contributed by atoms with E-state index < -0.39 is 5.97 Å². The van der Waals surface area contributed by atoms with Gasteiger partial charge in [0.05, 0.1) is 0 Å². The summed E-state index contributed by atoms with van der Waals surface area (Å²) >= 11 is 0. The van der Waals surface area contributed by atoms with Crippen molar-refractivity contribution in [3.05, 3.63) is 29.8 Å². The predicted octanol–water partition coefficient (Wildman–Crippen LogP) is 2.82. The van der Waals surface area contributed by atoms with Crippen molar-refractivity contribution in [3.63, 3.8) is 0 Å². The summed E-state index contributed by atoms with van der Waals surface area (Å²) in [6, 6.07) is 7.58. The molecule has 0 aromatic heterocycles. The van der Waals surface area contributed by atoms with Crippen LogP contribution in [0.2, 0.25) is 0 Å². The van der Waals surface area contributed by atoms with Crippen molar-refractivity contribution >= 4 is 11.9 Å². The number of para-hydroxylation sites is 1. The summed E-state index contributed by atoms with van der Waals surface area (Å²) in [6.45, 7) is 11.3. The molecule has 5 nitrogen and oxygen atoms in total. The maximum atomic E-state index is 11.7. The van der Waals surface area contributed by atoms with E-state index in [1.807, 2.05) is 45.0 Å². The second-order valence-corrected chi connectivity index (χ2v) is 7.49. The zero-order valence-electron chi connectivity index (χ0n) is 14.9. The predicted molar refractivity (Wildman–Crippen MR) is 89.5 cm³/mol. The summed E-state index contributed by atoms with van der Waals surface area (Å²) in [5.41, 5.74) is 0.567. The first kappa shape index (κ1) is 19.0. The third-order valence-electron chi connectivity index (χ3n) is 2.92. The van der Waals surface area contributed by atoms with Crippen LogP contribution in [0.5, 0.6) is 5.75 Å². The molecule has 0 aliphatic carbocycles. The molecule has 0 unspecified atom stereocenters. The molecule has 0 fully saturated rings. The van der Waals surface area contributed by atoms with Crippen molar-refractivity contribution in [2.75, 3.05) is 13.2 Å². The molecule has 0 aliphatic heterocycles. The molecule has 0 atom stereocenters. The summed E-state index contributed by atoms with van der Waals surface area (Å²) in [6.07, 6.45) is 0. The minimum atomic E-state index is -0.572. The summed E-state index contributed by atoms with van der Waals surface area (Å²) in [4.78, 5) is 23.3. The van der Waals surface area contributed by atoms with Crippen LogP contribution in [0.3, 0.4) is 0 Å². The van der Waals surface area contributed by atoms with E-state index in [0.29, 0.717) is 5.75 Å². The zero-order valence-corrected chi connectivity index (χ0v) is 14.9. The molecule has 0 saturated carbocycles. The van der Waals surface area contributed by atoms with E-state index in [1.165, 1.54) is 0 Å². The number of carbonyl (C=O) groups excluding carboxylic acids is 2. The molecule has 0 bridgehead atoms. The number of ether oxygens (including phenoxy) is 2. The molecular weight excluding hydrogens is 294 g/mol. The van der Waals surface area contributed by atoms with Crippen molar-refractivity contribution in [2.45, 2.75) is 52.5 Å². The fourth-order valence-corrected chi connectivity index (χ4v) is 1.99. The van der Waals surface area contributed by atoms with Crippen LogP contribution in [0.15, 0.2) is 24.3 Å². The number of hydrogen-bond acceptors (Lipinski definition) is 4. The number of hydrogen-bond donors (Lipinski definition) is 1. The van der Waals surface area contributed by atoms with Crippen LogP contribution in [-0.4, -0.2) is 30.6 Å². The van der Waals surface area contributed by atoms with Crippen LogP contribution in [0.25, 0.3) is 0 Å². The van der Waals surface area contributed by atoms with Crippen LogP contribution < -0.4 is 10.1 Å². The average molecular weight is 321 g/mol. The van der Waals surface area contributed by atoms with Crippen molar-refractivity contribution in [1.82, 2.24) is 5.32 Å². The van der Waals surface area contributed by atoms with Crippen molar-refractivity contribution in [3.8, 4) is 5.75 Å². The molecule has 128 valence electrons. The summed E-state index contributed by atoms with van der Waals surface area (Å²) in [5, 5.41) is 2.72. The average Bonchev–Trinajstić information content (AvgIpc) is 2.40. The molecular formula is C18H27NO4. The lowest BCUT2D eigenvalue weighted by atomic mass is 9.86. The van der Waals surface area contributed by atoms with Crippen LogP contribution in [-0.2, 0) is 19.7 Å². The molecule has 0 radical (unpaired) electrons. The van der Waals surface area contributed by atoms with Crippen LogP contribution in [0.4, 0.5) is 0 Å². The van der Waals surface area contributed by atoms with E-state index in [1.54, 1.807) is 0 Å². The van der Waals surface area contributed by atoms with Crippen molar-refractivity contribution in [1.29, 1.82) is 0 Å². The Morgan fingerprint density at radius 3 is 2.17 bits per heavy atom. The number of nitrogens with one attached hydrogen (secondary N) is 1. The highest BCUT2D eigenvalue weighted by Crippen LogP contribution is 2.30. The minimum Gasteiger partial charge on any atom is -0.482 e. The lowest BCUT2D eigenvalue weighted by Crippen LogP contribution is -2.43. The minimum absolute atomic E-state index is 0.0902. The van der Waals surface area contributed by atoms with E-state index in [4.69, 9.17) is 9.47 Å². The van der Waals surface area contributed by atoms with E-state index in [0.717, 1.165) is 5.56 Å². The molecule has 0 saturated heterocycles. The summed E-state index contributed by atoms with van der Waals surface area (Å²) in [5.74, 6) is -0.255. The van der Waals surface area contributed by atoms with Gasteiger partial charge in [0.15, 0.2) is 13.2 Å². The quantitative estimate of drug-likeness (QED) is 0.847. The normalized spacial score (nSPS) is 11.7. The molecule has 1 N–H and O–H groups in total. The van der Waals surface area contributed by atoms with Crippen molar-refractivity contribution < 1.29 is 19.1 Å². The molecule has 5 heteroatoms. The molecule has 1 aromatic rings. The second kappa shape index (κ2) is 7.49. The number of benzene rings is 1. The number of rotatable bonds is 5. The van der Waals surface area contributed by atoms with Crippen LogP contribution >= 0.6 is 0 Å². The molecule has 1 rings (SSSR count). The second-order valence-electron chi connectivity index (χ2n) is 7.49. The highest BCUT2D eigenvalue weighted by Gasteiger charge is 2.19. The fraction of sp³-hybridized carbons (Fsp3) is 0.556. The van der Waals surface area contributed by atoms with Gasteiger partial charge in [0.25, 0.3) is 5.91 Å². The third kappa shape index (κ3) is 7.17. The van der Waals surface area contributed by atoms with Gasteiger partial charge in [0.1, 0.15) is 5.75 Å². The van der Waals surface area contributed by atoms with E-state index in [2.05, 4.69) is 26.1 Å². The van der Waals surface area contributed by atoms with E-state index in [-0.39, 0.29) is 30.1 Å². The number of carbonyl (C=O) groups is 2. The first-order valence-corrected chi connectivity index (χ1v) is 7.68. The molecule has 1 aromatic carbocycles. The van der Waals surface area contributed by atoms with Gasteiger partial charge in [-0.25, -0.2) is 4.79 Å². The molecule has 23 heavy (non-hydrogen) atoms. The van der Waals surface area contributed by atoms with Crippen LogP contribution in [0, 0.1) is 0 Å². The van der Waals surface area contributed by atoms with Gasteiger partial charge >= 0.3 is 5.97 Å². The van der Waals surface area contributed by atoms with Gasteiger partial charge in [-0.3, -0.25) is 4.79 Å². The van der Waals surface area contributed by atoms with Crippen molar-refractivity contribution in [2.24, 2.45) is 0 Å². The van der Waals surface area contributed by atoms with Gasteiger partial charge in [-0.15, -0.1) is 0 Å². The van der Waals surface area contributed by atoms with Gasteiger partial charge in [-0.2, -0.15) is 0 Å². The van der Waals surface area contributed by atoms with Crippen LogP contribution in [0.1, 0.15) is 47.1 Å². The lowest BCUT2D eigenvalue weighted by Gasteiger charge is -2.22. The van der Waals surface area contributed by atoms with Gasteiger partial charge in [0, 0.05) is 5.54 Å². The molecule has 0 heterocycles. The number of amides is 1. The molecule has 1 amide bonds. The Morgan fingerprint density at radius 2 is 1.61 bits per heavy atom. The number of esters is 1. The lowest BCUT2D eigenvalue weighted by molar-refractivity contribution is -0.150. The first-order valence-electron chi connectivity index (χ1n) is 7.68. The Bertz CT molecular complexity index is 553. The van der Waals surface area contributed by atoms with Gasteiger partial charge in [-0.1, -0.05) is 39.0 Å². The topological polar surface area (TPSA) is 64.6 Å². The first-order chi connectivity index (χ1) is 10.5. The largest absolute Gasteiger partial charge is 0.482 e. The van der Waals surface area contributed by atoms with Gasteiger partial charge in [0.2, 0.25) is 0 Å². The molecule has 0 spiro atoms. The van der Waals surface area contributed by atoms with Gasteiger partial charge < -0.3 is 14.8 Å². The highest BCUT2D eigenvalue weighted by molar-refractivity contribution is 5.81. The SMILES string of the molecule is CC(C)(C)NC(=O)COC(=O)COc1ccccc1C(C)(C)C. The fourth-order valence-electron chi connectivity index (χ4n) is 1.99. The summed E-state index contributed by atoms with van der Waals surface area (Å²) in [7, 11) is 0. The Hall–Kier alpha value is -2.04. The van der Waals surface area contributed by atoms with E-state index >= 15 is 0 Å². The Labute approximate surface area is 138 Å². The highest BCUT2D eigenvalue weighted by atomic mass is 16.6. The third-order valence-corrected chi connectivity index (χ3v) is 2.92. The van der Waals surface area contributed by atoms with Gasteiger partial charge in [-0.05, 0) is 37.8 Å². The maximum Gasteiger partial charge on any atom is 0.344 e. The standard InChI is InChI=1S/C18H27NO4/c1-17(2,3)13-9-7-8-10-14(13)22-12-16(21)23-11-15(20)19-18(4,5)6/h7-10H,11-12H2,1-6H3,(H,19,20). The molecule has 0 aliphatic rings. The maximum absolute atomic E-state index is 11.7. The Kier molecular flexibility index (Phi) is 6.19.